The maximum atomic E-state index is 12.6. The molecule has 1 unspecified atom stereocenters. The molecule has 0 radical (unpaired) electrons. The number of carbonyl (C=O) groups excluding carboxylic acids is 1. The highest BCUT2D eigenvalue weighted by atomic mass is 35.5. The molecule has 0 aliphatic heterocycles. The Morgan fingerprint density at radius 1 is 1.16 bits per heavy atom. The lowest BCUT2D eigenvalue weighted by Crippen LogP contribution is -2.45. The Morgan fingerprint density at radius 2 is 1.76 bits per heavy atom. The van der Waals surface area contributed by atoms with Gasteiger partial charge in [-0.05, 0) is 43.2 Å². The van der Waals surface area contributed by atoms with E-state index in [1.54, 1.807) is 43.3 Å². The summed E-state index contributed by atoms with van der Waals surface area (Å²) in [5.41, 5.74) is 1.97. The molecule has 0 saturated carbocycles. The number of benzene rings is 2. The summed E-state index contributed by atoms with van der Waals surface area (Å²) in [6, 6.07) is 13.0. The first-order chi connectivity index (χ1) is 11.7. The van der Waals surface area contributed by atoms with Crippen molar-refractivity contribution < 1.29 is 13.2 Å². The summed E-state index contributed by atoms with van der Waals surface area (Å²) in [6.45, 7) is 3.56. The van der Waals surface area contributed by atoms with E-state index in [1.165, 1.54) is 0 Å². The number of hydrogen-bond donors (Lipinski definition) is 1. The van der Waals surface area contributed by atoms with Gasteiger partial charge in [0.1, 0.15) is 6.04 Å². The highest BCUT2D eigenvalue weighted by Gasteiger charge is 2.29. The van der Waals surface area contributed by atoms with Gasteiger partial charge in [0.2, 0.25) is 15.9 Å². The van der Waals surface area contributed by atoms with Crippen molar-refractivity contribution in [2.24, 2.45) is 0 Å². The number of sulfonamides is 1. The third-order valence-corrected chi connectivity index (χ3v) is 5.39. The van der Waals surface area contributed by atoms with Gasteiger partial charge in [-0.3, -0.25) is 9.10 Å². The topological polar surface area (TPSA) is 66.5 Å². The van der Waals surface area contributed by atoms with Crippen LogP contribution in [0.1, 0.15) is 19.4 Å². The summed E-state index contributed by atoms with van der Waals surface area (Å²) in [7, 11) is -3.64. The van der Waals surface area contributed by atoms with E-state index in [0.717, 1.165) is 22.5 Å². The minimum atomic E-state index is -3.64. The van der Waals surface area contributed by atoms with Crippen LogP contribution < -0.4 is 9.62 Å². The quantitative estimate of drug-likeness (QED) is 0.830. The largest absolute Gasteiger partial charge is 0.323 e. The molecule has 2 rings (SSSR count). The second-order valence-corrected chi connectivity index (χ2v) is 7.99. The second-order valence-electron chi connectivity index (χ2n) is 5.72. The average molecular weight is 381 g/mol. The van der Waals surface area contributed by atoms with Crippen LogP contribution in [0.5, 0.6) is 0 Å². The fraction of sp³-hybridized carbons (Fsp3) is 0.278. The molecule has 134 valence electrons. The summed E-state index contributed by atoms with van der Waals surface area (Å²) in [6.07, 6.45) is 1.93. The van der Waals surface area contributed by atoms with Crippen LogP contribution >= 0.6 is 11.6 Å². The van der Waals surface area contributed by atoms with Gasteiger partial charge in [-0.15, -0.1) is 0 Å². The van der Waals surface area contributed by atoms with Gasteiger partial charge in [0.05, 0.1) is 22.7 Å². The van der Waals surface area contributed by atoms with Crippen molar-refractivity contribution in [3.63, 3.8) is 0 Å². The first kappa shape index (κ1) is 19.3. The molecule has 0 aliphatic carbocycles. The number of aryl methyl sites for hydroxylation is 1. The molecule has 7 heteroatoms. The highest BCUT2D eigenvalue weighted by Crippen LogP contribution is 2.24. The maximum Gasteiger partial charge on any atom is 0.248 e. The molecular weight excluding hydrogens is 360 g/mol. The number of para-hydroxylation sites is 1. The Bertz CT molecular complexity index is 851. The Hall–Kier alpha value is -2.05. The van der Waals surface area contributed by atoms with Crippen LogP contribution in [0.4, 0.5) is 11.4 Å². The van der Waals surface area contributed by atoms with E-state index in [9.17, 15) is 13.2 Å². The van der Waals surface area contributed by atoms with E-state index >= 15 is 0 Å². The molecule has 1 amide bonds. The molecule has 0 aromatic heterocycles. The van der Waals surface area contributed by atoms with Crippen molar-refractivity contribution in [3.8, 4) is 0 Å². The van der Waals surface area contributed by atoms with Gasteiger partial charge in [0.15, 0.2) is 0 Å². The summed E-state index contributed by atoms with van der Waals surface area (Å²) in [4.78, 5) is 12.6. The van der Waals surface area contributed by atoms with Gasteiger partial charge >= 0.3 is 0 Å². The minimum absolute atomic E-state index is 0.390. The predicted molar refractivity (Wildman–Crippen MR) is 103 cm³/mol. The monoisotopic (exact) mass is 380 g/mol. The van der Waals surface area contributed by atoms with Crippen LogP contribution in [0.3, 0.4) is 0 Å². The van der Waals surface area contributed by atoms with Gasteiger partial charge in [0, 0.05) is 0 Å². The number of nitrogens with zero attached hydrogens (tertiary/aromatic N) is 1. The van der Waals surface area contributed by atoms with Crippen molar-refractivity contribution in [2.45, 2.75) is 26.3 Å². The van der Waals surface area contributed by atoms with Crippen LogP contribution in [0.2, 0.25) is 5.02 Å². The molecule has 1 atom stereocenters. The van der Waals surface area contributed by atoms with E-state index in [1.807, 2.05) is 19.1 Å². The summed E-state index contributed by atoms with van der Waals surface area (Å²) < 4.78 is 25.7. The number of amides is 1. The van der Waals surface area contributed by atoms with E-state index in [0.29, 0.717) is 16.4 Å². The fourth-order valence-electron chi connectivity index (χ4n) is 2.49. The van der Waals surface area contributed by atoms with Crippen molar-refractivity contribution in [1.29, 1.82) is 0 Å². The maximum absolute atomic E-state index is 12.6. The number of anilines is 2. The Labute approximate surface area is 153 Å². The molecule has 1 N–H and O–H groups in total. The van der Waals surface area contributed by atoms with E-state index in [2.05, 4.69) is 5.32 Å². The van der Waals surface area contributed by atoms with Crippen molar-refractivity contribution in [3.05, 3.63) is 59.1 Å². The lowest BCUT2D eigenvalue weighted by molar-refractivity contribution is -0.116. The number of halogens is 1. The summed E-state index contributed by atoms with van der Waals surface area (Å²) in [5.74, 6) is -0.460. The average Bonchev–Trinajstić information content (AvgIpc) is 2.56. The molecule has 0 heterocycles. The lowest BCUT2D eigenvalue weighted by Gasteiger charge is -2.28. The first-order valence-electron chi connectivity index (χ1n) is 7.87. The Balaban J connectivity index is 2.31. The van der Waals surface area contributed by atoms with Gasteiger partial charge < -0.3 is 5.32 Å². The number of carbonyl (C=O) groups is 1. The van der Waals surface area contributed by atoms with E-state index in [4.69, 9.17) is 11.6 Å². The van der Waals surface area contributed by atoms with Gasteiger partial charge in [-0.2, -0.15) is 0 Å². The van der Waals surface area contributed by atoms with E-state index in [-0.39, 0.29) is 0 Å². The highest BCUT2D eigenvalue weighted by molar-refractivity contribution is 7.92. The molecule has 5 nitrogen and oxygen atoms in total. The first-order valence-corrected chi connectivity index (χ1v) is 10.1. The van der Waals surface area contributed by atoms with Gasteiger partial charge in [0.25, 0.3) is 0 Å². The molecule has 0 spiro atoms. The zero-order valence-corrected chi connectivity index (χ0v) is 15.9. The third kappa shape index (κ3) is 4.74. The SMILES string of the molecule is CCc1ccc(N(C(C)C(=O)Nc2ccccc2Cl)S(C)(=O)=O)cc1. The van der Waals surface area contributed by atoms with Crippen LogP contribution in [-0.2, 0) is 21.2 Å². The van der Waals surface area contributed by atoms with Crippen molar-refractivity contribution >= 4 is 38.9 Å². The third-order valence-electron chi connectivity index (χ3n) is 3.82. The molecule has 0 saturated heterocycles. The molecule has 2 aromatic carbocycles. The molecule has 25 heavy (non-hydrogen) atoms. The van der Waals surface area contributed by atoms with Crippen LogP contribution in [0, 0.1) is 0 Å². The zero-order chi connectivity index (χ0) is 18.6. The fourth-order valence-corrected chi connectivity index (χ4v) is 3.84. The van der Waals surface area contributed by atoms with E-state index < -0.39 is 22.0 Å². The molecule has 0 aliphatic rings. The molecular formula is C18H21ClN2O3S. The number of hydrogen-bond acceptors (Lipinski definition) is 3. The number of nitrogens with one attached hydrogen (secondary N) is 1. The van der Waals surface area contributed by atoms with Gasteiger partial charge in [-0.1, -0.05) is 42.8 Å². The predicted octanol–water partition coefficient (Wildman–Crippen LogP) is 3.70. The lowest BCUT2D eigenvalue weighted by atomic mass is 10.1. The van der Waals surface area contributed by atoms with Crippen molar-refractivity contribution in [1.82, 2.24) is 0 Å². The van der Waals surface area contributed by atoms with Crippen molar-refractivity contribution in [2.75, 3.05) is 15.9 Å². The Kier molecular flexibility index (Phi) is 6.08. The molecule has 0 bridgehead atoms. The smallest absolute Gasteiger partial charge is 0.248 e. The standard InChI is InChI=1S/C18H21ClN2O3S/c1-4-14-9-11-15(12-10-14)21(25(3,23)24)13(2)18(22)20-17-8-6-5-7-16(17)19/h5-13H,4H2,1-3H3,(H,20,22). The zero-order valence-electron chi connectivity index (χ0n) is 14.4. The van der Waals surface area contributed by atoms with Gasteiger partial charge in [-0.25, -0.2) is 8.42 Å². The summed E-state index contributed by atoms with van der Waals surface area (Å²) >= 11 is 6.05. The number of rotatable bonds is 6. The Morgan fingerprint density at radius 3 is 2.28 bits per heavy atom. The van der Waals surface area contributed by atoms with Crippen LogP contribution in [0.15, 0.2) is 48.5 Å². The second kappa shape index (κ2) is 7.89. The normalized spacial score (nSPS) is 12.5. The minimum Gasteiger partial charge on any atom is -0.323 e. The summed E-state index contributed by atoms with van der Waals surface area (Å²) in [5, 5.41) is 3.07. The van der Waals surface area contributed by atoms with Crippen LogP contribution in [-0.4, -0.2) is 26.6 Å². The molecule has 0 fully saturated rings. The van der Waals surface area contributed by atoms with Crippen LogP contribution in [0.25, 0.3) is 0 Å². The molecule has 2 aromatic rings.